The minimum absolute atomic E-state index is 0.242. The maximum Gasteiger partial charge on any atom is 0.331 e. The molecule has 1 aliphatic rings. The van der Waals surface area contributed by atoms with Gasteiger partial charge in [0.05, 0.1) is 6.61 Å². The molecule has 0 saturated heterocycles. The number of hydrogen-bond donors (Lipinski definition) is 0. The second kappa shape index (κ2) is 6.05. The molecule has 1 unspecified atom stereocenters. The van der Waals surface area contributed by atoms with Crippen LogP contribution in [0.5, 0.6) is 5.75 Å². The SMILES string of the molecule is CC1=CC(=O)OC1c1ccc(OCCCBr)cc1. The molecule has 1 aromatic rings. The van der Waals surface area contributed by atoms with E-state index in [4.69, 9.17) is 9.47 Å². The van der Waals surface area contributed by atoms with Crippen LogP contribution in [0.25, 0.3) is 0 Å². The van der Waals surface area contributed by atoms with Crippen molar-refractivity contribution >= 4 is 21.9 Å². The van der Waals surface area contributed by atoms with Gasteiger partial charge in [0.2, 0.25) is 0 Å². The van der Waals surface area contributed by atoms with E-state index in [9.17, 15) is 4.79 Å². The number of rotatable bonds is 5. The zero-order valence-corrected chi connectivity index (χ0v) is 11.8. The molecule has 1 heterocycles. The summed E-state index contributed by atoms with van der Waals surface area (Å²) in [5.41, 5.74) is 1.91. The number of esters is 1. The molecule has 0 amide bonds. The van der Waals surface area contributed by atoms with Gasteiger partial charge in [0, 0.05) is 11.4 Å². The van der Waals surface area contributed by atoms with Crippen LogP contribution in [0, 0.1) is 0 Å². The van der Waals surface area contributed by atoms with Crippen LogP contribution >= 0.6 is 15.9 Å². The molecule has 2 rings (SSSR count). The van der Waals surface area contributed by atoms with Gasteiger partial charge in [-0.25, -0.2) is 4.79 Å². The Bertz CT molecular complexity index is 451. The molecule has 1 aromatic carbocycles. The van der Waals surface area contributed by atoms with Crippen LogP contribution in [0.1, 0.15) is 25.0 Å². The van der Waals surface area contributed by atoms with Crippen LogP contribution in [-0.2, 0) is 9.53 Å². The van der Waals surface area contributed by atoms with E-state index in [1.165, 1.54) is 6.08 Å². The number of alkyl halides is 1. The number of halogens is 1. The maximum atomic E-state index is 11.2. The lowest BCUT2D eigenvalue weighted by atomic mass is 10.0. The average molecular weight is 311 g/mol. The Kier molecular flexibility index (Phi) is 4.42. The summed E-state index contributed by atoms with van der Waals surface area (Å²) in [7, 11) is 0. The first kappa shape index (κ1) is 13.1. The van der Waals surface area contributed by atoms with Crippen molar-refractivity contribution in [2.75, 3.05) is 11.9 Å². The molecule has 18 heavy (non-hydrogen) atoms. The van der Waals surface area contributed by atoms with Crippen molar-refractivity contribution in [3.05, 3.63) is 41.5 Å². The van der Waals surface area contributed by atoms with Crippen molar-refractivity contribution in [1.29, 1.82) is 0 Å². The highest BCUT2D eigenvalue weighted by atomic mass is 79.9. The first-order valence-electron chi connectivity index (χ1n) is 5.88. The van der Waals surface area contributed by atoms with Crippen molar-refractivity contribution in [3.63, 3.8) is 0 Å². The van der Waals surface area contributed by atoms with Crippen LogP contribution in [0.15, 0.2) is 35.9 Å². The fraction of sp³-hybridized carbons (Fsp3) is 0.357. The Morgan fingerprint density at radius 3 is 2.61 bits per heavy atom. The van der Waals surface area contributed by atoms with Crippen LogP contribution in [0.4, 0.5) is 0 Å². The largest absolute Gasteiger partial charge is 0.494 e. The van der Waals surface area contributed by atoms with Gasteiger partial charge < -0.3 is 9.47 Å². The van der Waals surface area contributed by atoms with Crippen molar-refractivity contribution in [2.24, 2.45) is 0 Å². The third-order valence-corrected chi connectivity index (χ3v) is 3.28. The fourth-order valence-electron chi connectivity index (χ4n) is 1.82. The normalized spacial score (nSPS) is 18.4. The minimum Gasteiger partial charge on any atom is -0.494 e. The molecule has 96 valence electrons. The zero-order valence-electron chi connectivity index (χ0n) is 10.2. The van der Waals surface area contributed by atoms with Gasteiger partial charge in [-0.15, -0.1) is 0 Å². The molecule has 0 bridgehead atoms. The van der Waals surface area contributed by atoms with Gasteiger partial charge in [-0.3, -0.25) is 0 Å². The van der Waals surface area contributed by atoms with Crippen molar-refractivity contribution in [2.45, 2.75) is 19.4 Å². The van der Waals surface area contributed by atoms with Crippen molar-refractivity contribution in [1.82, 2.24) is 0 Å². The van der Waals surface area contributed by atoms with Crippen LogP contribution in [0.2, 0.25) is 0 Å². The smallest absolute Gasteiger partial charge is 0.331 e. The summed E-state index contributed by atoms with van der Waals surface area (Å²) in [5.74, 6) is 0.570. The molecular weight excluding hydrogens is 296 g/mol. The number of ether oxygens (including phenoxy) is 2. The minimum atomic E-state index is -0.268. The third-order valence-electron chi connectivity index (χ3n) is 2.72. The van der Waals surface area contributed by atoms with E-state index >= 15 is 0 Å². The number of carbonyl (C=O) groups is 1. The van der Waals surface area contributed by atoms with Gasteiger partial charge in [0.1, 0.15) is 11.9 Å². The molecule has 0 aromatic heterocycles. The summed E-state index contributed by atoms with van der Waals surface area (Å²) < 4.78 is 10.8. The number of carbonyl (C=O) groups excluding carboxylic acids is 1. The van der Waals surface area contributed by atoms with E-state index in [1.54, 1.807) is 0 Å². The predicted octanol–water partition coefficient (Wildman–Crippen LogP) is 3.39. The number of benzene rings is 1. The lowest BCUT2D eigenvalue weighted by Crippen LogP contribution is -2.02. The first-order valence-corrected chi connectivity index (χ1v) is 7.00. The molecule has 0 radical (unpaired) electrons. The topological polar surface area (TPSA) is 35.5 Å². The van der Waals surface area contributed by atoms with Gasteiger partial charge in [0.15, 0.2) is 0 Å². The van der Waals surface area contributed by atoms with E-state index in [1.807, 2.05) is 31.2 Å². The second-order valence-corrected chi connectivity index (χ2v) is 4.96. The summed E-state index contributed by atoms with van der Waals surface area (Å²) >= 11 is 3.36. The third kappa shape index (κ3) is 3.13. The van der Waals surface area contributed by atoms with Crippen LogP contribution < -0.4 is 4.74 Å². The molecule has 3 nitrogen and oxygen atoms in total. The Morgan fingerprint density at radius 1 is 1.33 bits per heavy atom. The van der Waals surface area contributed by atoms with Gasteiger partial charge >= 0.3 is 5.97 Å². The van der Waals surface area contributed by atoms with E-state index in [0.717, 1.165) is 28.6 Å². The molecule has 0 spiro atoms. The Balaban J connectivity index is 2.00. The highest BCUT2D eigenvalue weighted by Gasteiger charge is 2.24. The molecular formula is C14H15BrO3. The summed E-state index contributed by atoms with van der Waals surface area (Å²) in [6, 6.07) is 7.68. The lowest BCUT2D eigenvalue weighted by Gasteiger charge is -2.13. The molecule has 4 heteroatoms. The summed E-state index contributed by atoms with van der Waals surface area (Å²) in [6.45, 7) is 2.60. The predicted molar refractivity (Wildman–Crippen MR) is 72.9 cm³/mol. The highest BCUT2D eigenvalue weighted by Crippen LogP contribution is 2.31. The molecule has 0 aliphatic carbocycles. The van der Waals surface area contributed by atoms with Gasteiger partial charge in [-0.05, 0) is 36.6 Å². The number of cyclic esters (lactones) is 1. The summed E-state index contributed by atoms with van der Waals surface area (Å²) in [6.07, 6.45) is 2.27. The number of hydrogen-bond acceptors (Lipinski definition) is 3. The van der Waals surface area contributed by atoms with Crippen LogP contribution in [0.3, 0.4) is 0 Å². The van der Waals surface area contributed by atoms with Crippen LogP contribution in [-0.4, -0.2) is 17.9 Å². The molecule has 0 saturated carbocycles. The molecule has 1 aliphatic heterocycles. The maximum absolute atomic E-state index is 11.2. The highest BCUT2D eigenvalue weighted by molar-refractivity contribution is 9.09. The van der Waals surface area contributed by atoms with E-state index in [2.05, 4.69) is 15.9 Å². The van der Waals surface area contributed by atoms with E-state index < -0.39 is 0 Å². The van der Waals surface area contributed by atoms with Gasteiger partial charge in [0.25, 0.3) is 0 Å². The van der Waals surface area contributed by atoms with E-state index in [0.29, 0.717) is 6.61 Å². The Morgan fingerprint density at radius 2 is 2.06 bits per heavy atom. The zero-order chi connectivity index (χ0) is 13.0. The average Bonchev–Trinajstić information content (AvgIpc) is 2.70. The standard InChI is InChI=1S/C14H15BrO3/c1-10-9-13(16)18-14(10)11-3-5-12(6-4-11)17-8-2-7-15/h3-6,9,14H,2,7-8H2,1H3. The van der Waals surface area contributed by atoms with Gasteiger partial charge in [-0.1, -0.05) is 28.1 Å². The van der Waals surface area contributed by atoms with Crippen molar-refractivity contribution in [3.8, 4) is 5.75 Å². The molecule has 0 N–H and O–H groups in total. The summed E-state index contributed by atoms with van der Waals surface area (Å²) in [5, 5.41) is 0.938. The van der Waals surface area contributed by atoms with Gasteiger partial charge in [-0.2, -0.15) is 0 Å². The Labute approximate surface area is 115 Å². The molecule has 1 atom stereocenters. The molecule has 0 fully saturated rings. The summed E-state index contributed by atoms with van der Waals surface area (Å²) in [4.78, 5) is 11.2. The monoisotopic (exact) mass is 310 g/mol. The fourth-order valence-corrected chi connectivity index (χ4v) is 2.05. The first-order chi connectivity index (χ1) is 8.70. The lowest BCUT2D eigenvalue weighted by molar-refractivity contribution is -0.139. The van der Waals surface area contributed by atoms with E-state index in [-0.39, 0.29) is 12.1 Å². The Hall–Kier alpha value is -1.29. The quantitative estimate of drug-likeness (QED) is 0.475. The van der Waals surface area contributed by atoms with Crippen molar-refractivity contribution < 1.29 is 14.3 Å². The second-order valence-electron chi connectivity index (χ2n) is 4.17.